The van der Waals surface area contributed by atoms with Crippen molar-refractivity contribution in [3.63, 3.8) is 0 Å². The van der Waals surface area contributed by atoms with Gasteiger partial charge in [-0.1, -0.05) is 28.1 Å². The van der Waals surface area contributed by atoms with Gasteiger partial charge < -0.3 is 19.7 Å². The third kappa shape index (κ3) is 7.94. The van der Waals surface area contributed by atoms with Crippen LogP contribution in [0.4, 0.5) is 17.2 Å². The topological polar surface area (TPSA) is 106 Å². The summed E-state index contributed by atoms with van der Waals surface area (Å²) in [4.78, 5) is 23.2. The van der Waals surface area contributed by atoms with Crippen molar-refractivity contribution in [2.75, 3.05) is 43.7 Å². The maximum absolute atomic E-state index is 12.7. The summed E-state index contributed by atoms with van der Waals surface area (Å²) in [5, 5.41) is 7.02. The highest BCUT2D eigenvalue weighted by molar-refractivity contribution is 9.10. The molecule has 3 aromatic rings. The predicted octanol–water partition coefficient (Wildman–Crippen LogP) is 6.09. The quantitative estimate of drug-likeness (QED) is 0.197. The van der Waals surface area contributed by atoms with Crippen LogP contribution in [0.25, 0.3) is 10.9 Å². The smallest absolute Gasteiger partial charge is 0.340 e. The highest BCUT2D eigenvalue weighted by atomic mass is 79.9. The standard InChI is InChI=1S/C25H31BrN5O4P/c1-5-34-36(33,35-6-2)17-31(4)12-8-11-24(32)30-22-15-21-23(13-18(22)3)27-16-28-25(21)29-20-10-7-9-19(26)14-20/h7-11,13-16H,5-6,12,17H2,1-4H3,(H,30,32)(H,27,28,29). The summed E-state index contributed by atoms with van der Waals surface area (Å²) in [6.07, 6.45) is 4.81. The molecule has 0 spiro atoms. The Hall–Kier alpha value is -2.62. The molecule has 3 rings (SSSR count). The van der Waals surface area contributed by atoms with Crippen molar-refractivity contribution in [3.8, 4) is 0 Å². The van der Waals surface area contributed by atoms with Gasteiger partial charge in [0.15, 0.2) is 0 Å². The zero-order valence-electron chi connectivity index (χ0n) is 20.8. The molecular weight excluding hydrogens is 545 g/mol. The summed E-state index contributed by atoms with van der Waals surface area (Å²) in [5.41, 5.74) is 3.18. The van der Waals surface area contributed by atoms with Crippen LogP contribution in [0.2, 0.25) is 0 Å². The molecule has 0 saturated carbocycles. The Balaban J connectivity index is 1.69. The molecule has 0 unspecified atom stereocenters. The van der Waals surface area contributed by atoms with Gasteiger partial charge in [0.05, 0.1) is 18.7 Å². The van der Waals surface area contributed by atoms with Crippen LogP contribution in [-0.4, -0.2) is 53.9 Å². The maximum atomic E-state index is 12.7. The number of nitrogens with zero attached hydrogens (tertiary/aromatic N) is 3. The van der Waals surface area contributed by atoms with Crippen molar-refractivity contribution >= 4 is 57.5 Å². The molecule has 0 radical (unpaired) electrons. The first-order valence-corrected chi connectivity index (χ1v) is 14.1. The van der Waals surface area contributed by atoms with Crippen LogP contribution in [0.1, 0.15) is 19.4 Å². The third-order valence-electron chi connectivity index (χ3n) is 5.08. The van der Waals surface area contributed by atoms with Gasteiger partial charge in [-0.25, -0.2) is 9.97 Å². The molecule has 11 heteroatoms. The number of carbonyl (C=O) groups excluding carboxylic acids is 1. The van der Waals surface area contributed by atoms with Crippen LogP contribution in [0.3, 0.4) is 0 Å². The van der Waals surface area contributed by atoms with Gasteiger partial charge in [-0.15, -0.1) is 0 Å². The number of carbonyl (C=O) groups is 1. The minimum atomic E-state index is -3.19. The van der Waals surface area contributed by atoms with Crippen molar-refractivity contribution < 1.29 is 18.4 Å². The number of likely N-dealkylation sites (N-methyl/N-ethyl adjacent to an activating group) is 1. The van der Waals surface area contributed by atoms with Crippen LogP contribution < -0.4 is 10.6 Å². The molecule has 192 valence electrons. The van der Waals surface area contributed by atoms with E-state index in [4.69, 9.17) is 9.05 Å². The van der Waals surface area contributed by atoms with Crippen molar-refractivity contribution in [1.29, 1.82) is 0 Å². The first-order valence-electron chi connectivity index (χ1n) is 11.5. The molecule has 0 aliphatic heterocycles. The Morgan fingerprint density at radius 2 is 1.92 bits per heavy atom. The molecule has 1 aromatic heterocycles. The number of hydrogen-bond donors (Lipinski definition) is 2. The van der Waals surface area contributed by atoms with Gasteiger partial charge in [0.25, 0.3) is 0 Å². The molecule has 1 amide bonds. The fourth-order valence-electron chi connectivity index (χ4n) is 3.52. The van der Waals surface area contributed by atoms with Crippen LogP contribution in [0.5, 0.6) is 0 Å². The van der Waals surface area contributed by atoms with Crippen LogP contribution in [0.15, 0.2) is 59.4 Å². The molecule has 2 N–H and O–H groups in total. The predicted molar refractivity (Wildman–Crippen MR) is 148 cm³/mol. The number of benzene rings is 2. The number of halogens is 1. The Kier molecular flexibility index (Phi) is 10.2. The summed E-state index contributed by atoms with van der Waals surface area (Å²) in [5.74, 6) is 0.362. The van der Waals surface area contributed by atoms with E-state index in [1.807, 2.05) is 43.3 Å². The van der Waals surface area contributed by atoms with E-state index in [0.29, 0.717) is 31.3 Å². The average molecular weight is 576 g/mol. The molecule has 0 atom stereocenters. The minimum absolute atomic E-state index is 0.137. The number of rotatable bonds is 12. The second-order valence-corrected chi connectivity index (χ2v) is 11.0. The normalized spacial score (nSPS) is 11.9. The summed E-state index contributed by atoms with van der Waals surface area (Å²) in [7, 11) is -1.39. The van der Waals surface area contributed by atoms with Gasteiger partial charge in [0, 0.05) is 33.9 Å². The lowest BCUT2D eigenvalue weighted by molar-refractivity contribution is -0.111. The molecule has 0 aliphatic rings. The number of hydrogen-bond acceptors (Lipinski definition) is 8. The highest BCUT2D eigenvalue weighted by Crippen LogP contribution is 2.48. The zero-order valence-corrected chi connectivity index (χ0v) is 23.3. The SMILES string of the molecule is CCOP(=O)(CN(C)CC=CC(=O)Nc1cc2c(Nc3cccc(Br)c3)ncnc2cc1C)OCC. The Labute approximate surface area is 220 Å². The van der Waals surface area contributed by atoms with Crippen molar-refractivity contribution in [2.45, 2.75) is 20.8 Å². The second-order valence-electron chi connectivity index (χ2n) is 8.06. The van der Waals surface area contributed by atoms with E-state index < -0.39 is 7.60 Å². The monoisotopic (exact) mass is 575 g/mol. The average Bonchev–Trinajstić information content (AvgIpc) is 2.80. The van der Waals surface area contributed by atoms with Gasteiger partial charge >= 0.3 is 7.60 Å². The van der Waals surface area contributed by atoms with Gasteiger partial charge in [-0.3, -0.25) is 14.3 Å². The Bertz CT molecular complexity index is 1280. The van der Waals surface area contributed by atoms with E-state index in [1.165, 1.54) is 12.4 Å². The minimum Gasteiger partial charge on any atom is -0.340 e. The molecule has 0 bridgehead atoms. The maximum Gasteiger partial charge on any atom is 0.344 e. The van der Waals surface area contributed by atoms with Gasteiger partial charge in [-0.05, 0) is 63.7 Å². The van der Waals surface area contributed by atoms with E-state index in [0.717, 1.165) is 26.6 Å². The Morgan fingerprint density at radius 3 is 2.61 bits per heavy atom. The molecule has 36 heavy (non-hydrogen) atoms. The number of anilines is 3. The van der Waals surface area contributed by atoms with E-state index in [9.17, 15) is 9.36 Å². The van der Waals surface area contributed by atoms with E-state index in [2.05, 4.69) is 36.5 Å². The first kappa shape index (κ1) is 28.0. The number of amides is 1. The third-order valence-corrected chi connectivity index (χ3v) is 7.70. The first-order chi connectivity index (χ1) is 17.2. The zero-order chi connectivity index (χ0) is 26.1. The van der Waals surface area contributed by atoms with Gasteiger partial charge in [0.1, 0.15) is 18.4 Å². The highest BCUT2D eigenvalue weighted by Gasteiger charge is 2.25. The van der Waals surface area contributed by atoms with E-state index in [-0.39, 0.29) is 12.2 Å². The molecule has 1 heterocycles. The lowest BCUT2D eigenvalue weighted by atomic mass is 10.1. The molecule has 2 aromatic carbocycles. The van der Waals surface area contributed by atoms with Crippen LogP contribution in [0, 0.1) is 6.92 Å². The van der Waals surface area contributed by atoms with Gasteiger partial charge in [-0.2, -0.15) is 0 Å². The molecular formula is C25H31BrN5O4P. The number of aromatic nitrogens is 2. The summed E-state index contributed by atoms with van der Waals surface area (Å²) < 4.78 is 24.2. The van der Waals surface area contributed by atoms with E-state index in [1.54, 1.807) is 31.9 Å². The second kappa shape index (κ2) is 13.1. The summed E-state index contributed by atoms with van der Waals surface area (Å²) >= 11 is 3.47. The van der Waals surface area contributed by atoms with Crippen LogP contribution in [-0.2, 0) is 18.4 Å². The molecule has 0 aliphatic carbocycles. The molecule has 0 saturated heterocycles. The number of aryl methyl sites for hydroxylation is 1. The largest absolute Gasteiger partial charge is 0.344 e. The van der Waals surface area contributed by atoms with E-state index >= 15 is 0 Å². The van der Waals surface area contributed by atoms with Crippen LogP contribution >= 0.6 is 23.5 Å². The number of nitrogens with one attached hydrogen (secondary N) is 2. The lowest BCUT2D eigenvalue weighted by Crippen LogP contribution is -2.22. The fourth-order valence-corrected chi connectivity index (χ4v) is 5.66. The molecule has 9 nitrogen and oxygen atoms in total. The van der Waals surface area contributed by atoms with Crippen molar-refractivity contribution in [2.24, 2.45) is 0 Å². The lowest BCUT2D eigenvalue weighted by Gasteiger charge is -2.22. The van der Waals surface area contributed by atoms with Gasteiger partial charge in [0.2, 0.25) is 5.91 Å². The van der Waals surface area contributed by atoms with Crippen molar-refractivity contribution in [3.05, 3.63) is 64.9 Å². The summed E-state index contributed by atoms with van der Waals surface area (Å²) in [6, 6.07) is 11.6. The number of fused-ring (bicyclic) bond motifs is 1. The fraction of sp³-hybridized carbons (Fsp3) is 0.320. The van der Waals surface area contributed by atoms with Crippen molar-refractivity contribution in [1.82, 2.24) is 14.9 Å². The molecule has 0 fully saturated rings. The Morgan fingerprint density at radius 1 is 1.17 bits per heavy atom. The summed E-state index contributed by atoms with van der Waals surface area (Å²) in [6.45, 7) is 6.48.